The van der Waals surface area contributed by atoms with E-state index in [-0.39, 0.29) is 17.4 Å². The van der Waals surface area contributed by atoms with E-state index in [2.05, 4.69) is 50.8 Å². The number of amides is 1. The summed E-state index contributed by atoms with van der Waals surface area (Å²) >= 11 is 7.16. The van der Waals surface area contributed by atoms with E-state index in [4.69, 9.17) is 11.6 Å². The fourth-order valence-electron chi connectivity index (χ4n) is 3.39. The number of fused-ring (bicyclic) bond motifs is 1. The van der Waals surface area contributed by atoms with Gasteiger partial charge in [-0.2, -0.15) is 5.10 Å². The third kappa shape index (κ3) is 6.20. The molecule has 35 heavy (non-hydrogen) atoms. The number of phenolic OH excluding ortho intramolecular Hbond substituents is 1. The van der Waals surface area contributed by atoms with Crippen LogP contribution >= 0.6 is 23.4 Å². The molecule has 4 rings (SSSR count). The zero-order valence-corrected chi connectivity index (χ0v) is 20.3. The number of aromatic nitrogens is 3. The molecule has 0 unspecified atom stereocenters. The molecule has 178 valence electrons. The first-order chi connectivity index (χ1) is 17.0. The monoisotopic (exact) mass is 506 g/mol. The predicted molar refractivity (Wildman–Crippen MR) is 141 cm³/mol. The number of rotatable bonds is 10. The Morgan fingerprint density at radius 2 is 2.00 bits per heavy atom. The first-order valence-corrected chi connectivity index (χ1v) is 12.1. The van der Waals surface area contributed by atoms with Gasteiger partial charge in [0.05, 0.1) is 18.5 Å². The van der Waals surface area contributed by atoms with Crippen LogP contribution in [0, 0.1) is 0 Å². The van der Waals surface area contributed by atoms with Gasteiger partial charge in [0.25, 0.3) is 5.91 Å². The molecule has 4 aromatic rings. The molecule has 0 bridgehead atoms. The van der Waals surface area contributed by atoms with Gasteiger partial charge in [0.15, 0.2) is 11.0 Å². The number of hydrazone groups is 1. The quantitative estimate of drug-likeness (QED) is 0.123. The van der Waals surface area contributed by atoms with Gasteiger partial charge in [-0.25, -0.2) is 5.43 Å². The number of nitrogens with zero attached hydrogens (tertiary/aromatic N) is 4. The Hall–Kier alpha value is -3.82. The Bertz CT molecular complexity index is 1380. The number of carbonyl (C=O) groups is 1. The first-order valence-electron chi connectivity index (χ1n) is 10.7. The maximum Gasteiger partial charge on any atom is 0.250 e. The first kappa shape index (κ1) is 24.3. The van der Waals surface area contributed by atoms with Crippen LogP contribution in [-0.4, -0.2) is 37.7 Å². The summed E-state index contributed by atoms with van der Waals surface area (Å²) in [6.45, 7) is 4.80. The lowest BCUT2D eigenvalue weighted by molar-refractivity contribution is -0.118. The fourth-order valence-corrected chi connectivity index (χ4v) is 4.33. The van der Waals surface area contributed by atoms with Gasteiger partial charge >= 0.3 is 0 Å². The lowest BCUT2D eigenvalue weighted by Crippen LogP contribution is -2.20. The highest BCUT2D eigenvalue weighted by Gasteiger charge is 2.14. The molecular formula is C25H23ClN6O2S. The molecule has 3 N–H and O–H groups in total. The van der Waals surface area contributed by atoms with Crippen molar-refractivity contribution >= 4 is 51.9 Å². The van der Waals surface area contributed by atoms with Gasteiger partial charge in [-0.15, -0.1) is 16.8 Å². The van der Waals surface area contributed by atoms with Crippen molar-refractivity contribution in [3.63, 3.8) is 0 Å². The largest absolute Gasteiger partial charge is 0.507 e. The lowest BCUT2D eigenvalue weighted by Gasteiger charge is -2.11. The van der Waals surface area contributed by atoms with Crippen molar-refractivity contribution in [2.75, 3.05) is 11.1 Å². The van der Waals surface area contributed by atoms with Crippen LogP contribution in [0.3, 0.4) is 0 Å². The zero-order valence-electron chi connectivity index (χ0n) is 18.7. The van der Waals surface area contributed by atoms with Gasteiger partial charge in [0, 0.05) is 28.2 Å². The molecule has 3 aromatic carbocycles. The number of carbonyl (C=O) groups excluding carboxylic acids is 1. The number of hydrogen-bond donors (Lipinski definition) is 3. The topological polar surface area (TPSA) is 104 Å². The van der Waals surface area contributed by atoms with Gasteiger partial charge in [-0.3, -0.25) is 4.79 Å². The van der Waals surface area contributed by atoms with E-state index in [9.17, 15) is 9.90 Å². The number of hydrogen-bond acceptors (Lipinski definition) is 7. The average molecular weight is 507 g/mol. The Labute approximate surface area is 211 Å². The molecule has 0 aliphatic rings. The Morgan fingerprint density at radius 3 is 2.86 bits per heavy atom. The molecule has 0 saturated carbocycles. The third-order valence-corrected chi connectivity index (χ3v) is 6.25. The number of allylic oxidation sites excluding steroid dienone is 1. The molecule has 8 nitrogen and oxygen atoms in total. The molecule has 0 radical (unpaired) electrons. The standard InChI is InChI=1S/C25H23ClN6O2S/c1-2-12-32-23(15-27-21-9-5-7-17-6-3-4-8-20(17)21)29-31-25(32)35-16-24(34)30-28-14-18-13-19(26)10-11-22(18)33/h2-11,13-14,27,33H,1,12,15-16H2,(H,30,34). The van der Waals surface area contributed by atoms with E-state index in [1.807, 2.05) is 28.8 Å². The van der Waals surface area contributed by atoms with Crippen LogP contribution < -0.4 is 10.7 Å². The van der Waals surface area contributed by atoms with Gasteiger partial charge in [-0.05, 0) is 29.7 Å². The lowest BCUT2D eigenvalue weighted by atomic mass is 10.1. The van der Waals surface area contributed by atoms with Crippen molar-refractivity contribution < 1.29 is 9.90 Å². The summed E-state index contributed by atoms with van der Waals surface area (Å²) in [5.41, 5.74) is 3.85. The van der Waals surface area contributed by atoms with Crippen LogP contribution in [0.4, 0.5) is 5.69 Å². The number of aromatic hydroxyl groups is 1. The smallest absolute Gasteiger partial charge is 0.250 e. The summed E-state index contributed by atoms with van der Waals surface area (Å²) in [4.78, 5) is 12.2. The summed E-state index contributed by atoms with van der Waals surface area (Å²) in [5, 5.41) is 29.0. The third-order valence-electron chi connectivity index (χ3n) is 5.05. The van der Waals surface area contributed by atoms with Crippen molar-refractivity contribution in [1.29, 1.82) is 0 Å². The number of phenols is 1. The zero-order chi connectivity index (χ0) is 24.6. The maximum atomic E-state index is 12.2. The maximum absolute atomic E-state index is 12.2. The van der Waals surface area contributed by atoms with Crippen molar-refractivity contribution in [3.8, 4) is 5.75 Å². The molecule has 1 aromatic heterocycles. The van der Waals surface area contributed by atoms with Gasteiger partial charge in [-0.1, -0.05) is 65.8 Å². The number of thioether (sulfide) groups is 1. The second kappa shape index (κ2) is 11.5. The minimum atomic E-state index is -0.323. The minimum absolute atomic E-state index is 0.0175. The summed E-state index contributed by atoms with van der Waals surface area (Å²) in [6.07, 6.45) is 3.09. The van der Waals surface area contributed by atoms with Gasteiger partial charge < -0.3 is 15.0 Å². The highest BCUT2D eigenvalue weighted by Crippen LogP contribution is 2.24. The average Bonchev–Trinajstić information content (AvgIpc) is 3.25. The minimum Gasteiger partial charge on any atom is -0.507 e. The summed E-state index contributed by atoms with van der Waals surface area (Å²) in [7, 11) is 0. The molecule has 0 aliphatic heterocycles. The second-order valence-corrected chi connectivity index (χ2v) is 8.84. The highest BCUT2D eigenvalue weighted by molar-refractivity contribution is 7.99. The molecule has 0 aliphatic carbocycles. The fraction of sp³-hybridized carbons (Fsp3) is 0.120. The number of benzene rings is 3. The predicted octanol–water partition coefficient (Wildman–Crippen LogP) is 4.83. The number of anilines is 1. The molecule has 1 amide bonds. The molecule has 0 spiro atoms. The molecule has 0 atom stereocenters. The summed E-state index contributed by atoms with van der Waals surface area (Å²) in [5.74, 6) is 0.515. The van der Waals surface area contributed by atoms with Crippen molar-refractivity contribution in [3.05, 3.63) is 89.7 Å². The van der Waals surface area contributed by atoms with E-state index < -0.39 is 0 Å². The highest BCUT2D eigenvalue weighted by atomic mass is 35.5. The Morgan fingerprint density at radius 1 is 1.17 bits per heavy atom. The van der Waals surface area contributed by atoms with E-state index in [0.29, 0.717) is 28.8 Å². The van der Waals surface area contributed by atoms with Crippen LogP contribution in [-0.2, 0) is 17.9 Å². The van der Waals surface area contributed by atoms with Crippen LogP contribution in [0.25, 0.3) is 10.8 Å². The molecular weight excluding hydrogens is 484 g/mol. The summed E-state index contributed by atoms with van der Waals surface area (Å²) in [6, 6.07) is 18.8. The van der Waals surface area contributed by atoms with Gasteiger partial charge in [0.1, 0.15) is 5.75 Å². The van der Waals surface area contributed by atoms with Crippen molar-refractivity contribution in [1.82, 2.24) is 20.2 Å². The molecule has 1 heterocycles. The van der Waals surface area contributed by atoms with Crippen LogP contribution in [0.5, 0.6) is 5.75 Å². The van der Waals surface area contributed by atoms with E-state index >= 15 is 0 Å². The molecule has 0 saturated heterocycles. The van der Waals surface area contributed by atoms with Crippen molar-refractivity contribution in [2.24, 2.45) is 5.10 Å². The normalized spacial score (nSPS) is 11.1. The Kier molecular flexibility index (Phi) is 8.02. The molecule has 10 heteroatoms. The second-order valence-electron chi connectivity index (χ2n) is 7.46. The SMILES string of the molecule is C=CCn1c(CNc2cccc3ccccc23)nnc1SCC(=O)NN=Cc1cc(Cl)ccc1O. The van der Waals surface area contributed by atoms with Crippen LogP contribution in [0.2, 0.25) is 5.02 Å². The van der Waals surface area contributed by atoms with Crippen molar-refractivity contribution in [2.45, 2.75) is 18.2 Å². The van der Waals surface area contributed by atoms with E-state index in [0.717, 1.165) is 22.3 Å². The summed E-state index contributed by atoms with van der Waals surface area (Å²) < 4.78 is 1.91. The molecule has 0 fully saturated rings. The van der Waals surface area contributed by atoms with E-state index in [1.54, 1.807) is 18.2 Å². The number of nitrogens with one attached hydrogen (secondary N) is 2. The van der Waals surface area contributed by atoms with E-state index in [1.165, 1.54) is 24.0 Å². The Balaban J connectivity index is 1.37. The van der Waals surface area contributed by atoms with Gasteiger partial charge in [0.2, 0.25) is 0 Å². The van der Waals surface area contributed by atoms with Crippen LogP contribution in [0.15, 0.2) is 83.6 Å². The van der Waals surface area contributed by atoms with Crippen LogP contribution in [0.1, 0.15) is 11.4 Å². The number of halogens is 1.